The Bertz CT molecular complexity index is 2850. The molecule has 3 aromatic carbocycles. The number of sulfonamides is 1. The van der Waals surface area contributed by atoms with Crippen molar-refractivity contribution in [3.8, 4) is 5.69 Å². The maximum Gasteiger partial charge on any atom is 0.284 e. The summed E-state index contributed by atoms with van der Waals surface area (Å²) in [6.45, 7) is 10.0. The molecule has 2 saturated heterocycles. The molecule has 64 heavy (non-hydrogen) atoms. The summed E-state index contributed by atoms with van der Waals surface area (Å²) in [4.78, 5) is 38.4. The Morgan fingerprint density at radius 2 is 1.80 bits per heavy atom. The molecule has 9 rings (SSSR count). The number of fused-ring (bicyclic) bond motifs is 2. The molecule has 0 radical (unpaired) electrons. The first kappa shape index (κ1) is 45.6. The van der Waals surface area contributed by atoms with Gasteiger partial charge in [0, 0.05) is 80.0 Å². The number of anilines is 1. The number of piperazine rings is 1. The third kappa shape index (κ3) is 9.82. The van der Waals surface area contributed by atoms with Gasteiger partial charge in [0.05, 0.1) is 37.7 Å². The van der Waals surface area contributed by atoms with Crippen molar-refractivity contribution in [3.63, 3.8) is 0 Å². The molecule has 3 aliphatic rings. The molecule has 18 heteroatoms. The lowest BCUT2D eigenvalue weighted by atomic mass is 9.72. The molecule has 0 unspecified atom stereocenters. The van der Waals surface area contributed by atoms with Gasteiger partial charge in [0.1, 0.15) is 11.2 Å². The number of allylic oxidation sites excluding steroid dienone is 1. The first-order valence-electron chi connectivity index (χ1n) is 21.3. The van der Waals surface area contributed by atoms with E-state index in [2.05, 4.69) is 50.6 Å². The Labute approximate surface area is 387 Å². The van der Waals surface area contributed by atoms with Crippen molar-refractivity contribution in [1.82, 2.24) is 29.4 Å². The summed E-state index contributed by atoms with van der Waals surface area (Å²) in [6.07, 6.45) is 8.34. The fourth-order valence-corrected chi connectivity index (χ4v) is 11.2. The molecule has 6 aromatic rings. The quantitative estimate of drug-likeness (QED) is 0.0682. The van der Waals surface area contributed by atoms with Crippen LogP contribution in [0.3, 0.4) is 0 Å². The first-order valence-corrected chi connectivity index (χ1v) is 24.1. The van der Waals surface area contributed by atoms with Crippen LogP contribution in [0, 0.1) is 21.4 Å². The van der Waals surface area contributed by atoms with Gasteiger partial charge in [0.2, 0.25) is 0 Å². The zero-order valence-electron chi connectivity index (χ0n) is 35.6. The highest BCUT2D eigenvalue weighted by Crippen LogP contribution is 2.43. The lowest BCUT2D eigenvalue weighted by molar-refractivity contribution is -0.388. The summed E-state index contributed by atoms with van der Waals surface area (Å²) in [6, 6.07) is 21.1. The molecule has 5 heterocycles. The zero-order valence-corrected chi connectivity index (χ0v) is 38.8. The number of aromatic amines is 1. The van der Waals surface area contributed by atoms with Gasteiger partial charge in [-0.1, -0.05) is 43.2 Å². The number of halogens is 2. The third-order valence-corrected chi connectivity index (χ3v) is 15.4. The predicted molar refractivity (Wildman–Crippen MR) is 255 cm³/mol. The van der Waals surface area contributed by atoms with Crippen molar-refractivity contribution >= 4 is 90.7 Å². The summed E-state index contributed by atoms with van der Waals surface area (Å²) in [5, 5.41) is 18.4. The summed E-state index contributed by atoms with van der Waals surface area (Å²) in [5.41, 5.74) is 7.20. The van der Waals surface area contributed by atoms with Crippen molar-refractivity contribution in [1.29, 1.82) is 0 Å². The van der Waals surface area contributed by atoms with Crippen molar-refractivity contribution in [2.45, 2.75) is 55.7 Å². The Hall–Kier alpha value is -4.97. The summed E-state index contributed by atoms with van der Waals surface area (Å²) in [5.74, 6) is 0.0964. The minimum atomic E-state index is -4.55. The third-order valence-electron chi connectivity index (χ3n) is 12.5. The van der Waals surface area contributed by atoms with E-state index in [1.165, 1.54) is 40.6 Å². The van der Waals surface area contributed by atoms with Crippen molar-refractivity contribution in [2.24, 2.45) is 11.3 Å². The van der Waals surface area contributed by atoms with Crippen LogP contribution in [0.4, 0.5) is 11.4 Å². The molecule has 336 valence electrons. The molecule has 2 N–H and O–H groups in total. The maximum atomic E-state index is 14.2. The number of aromatic nitrogens is 4. The number of H-pyrrole nitrogens is 1. The number of nitrogens with zero attached hydrogens (tertiary/aromatic N) is 6. The second-order valence-corrected chi connectivity index (χ2v) is 20.6. The molecule has 3 aromatic heterocycles. The van der Waals surface area contributed by atoms with Gasteiger partial charge in [-0.25, -0.2) is 22.8 Å². The van der Waals surface area contributed by atoms with Gasteiger partial charge in [0.25, 0.3) is 21.6 Å². The standard InChI is InChI=1S/C46H49ClN8O6S2.ClH/c1-46(2)15-11-33(38(26-46)31-3-5-34(47)6-4-31)28-52-17-19-53(20-18-52)35-7-9-37(40(24-35)54-41-23-32-12-16-48-44(32)50-39(41)27-49-54)45(56)51-63(59,60)36-8-10-43(42(25-36)55(57)58)62-29-30-13-21-61-22-14-30;/h3-10,12,16,23-25,27,30H,11,13-15,17-22,26,28-29H2,1-2H3,(H,48,50)(H,51,56);1H. The van der Waals surface area contributed by atoms with E-state index in [1.807, 2.05) is 36.4 Å². The van der Waals surface area contributed by atoms with E-state index in [1.54, 1.807) is 23.1 Å². The van der Waals surface area contributed by atoms with Gasteiger partial charge in [-0.05, 0) is 109 Å². The Morgan fingerprint density at radius 3 is 2.55 bits per heavy atom. The Morgan fingerprint density at radius 1 is 1.03 bits per heavy atom. The molecule has 0 saturated carbocycles. The van der Waals surface area contributed by atoms with E-state index in [9.17, 15) is 23.3 Å². The van der Waals surface area contributed by atoms with Crippen LogP contribution in [0.2, 0.25) is 5.02 Å². The average molecular weight is 946 g/mol. The number of hydrogen-bond acceptors (Lipinski definition) is 11. The molecule has 0 atom stereocenters. The maximum absolute atomic E-state index is 14.2. The molecule has 1 amide bonds. The topological polar surface area (TPSA) is 169 Å². The minimum absolute atomic E-state index is 0. The number of pyridine rings is 1. The van der Waals surface area contributed by atoms with Gasteiger partial charge < -0.3 is 14.6 Å². The van der Waals surface area contributed by atoms with Crippen LogP contribution in [-0.4, -0.2) is 95.6 Å². The SMILES string of the molecule is CC1(C)CCC(CN2CCN(c3ccc(C(=O)NS(=O)(=O)c4ccc(SCC5CCOCC5)c([N+](=O)[O-])c4)c(-n4ncc5nc6[nH]ccc6cc54)c3)CC2)=C(c2ccc(Cl)cc2)C1.Cl. The van der Waals surface area contributed by atoms with Gasteiger partial charge in [-0.3, -0.25) is 19.8 Å². The second-order valence-electron chi connectivity index (χ2n) is 17.4. The number of hydrogen-bond donors (Lipinski definition) is 2. The van der Waals surface area contributed by atoms with E-state index in [-0.39, 0.29) is 34.0 Å². The summed E-state index contributed by atoms with van der Waals surface area (Å²) in [7, 11) is -4.55. The van der Waals surface area contributed by atoms with Crippen molar-refractivity contribution < 1.29 is 22.9 Å². The predicted octanol–water partition coefficient (Wildman–Crippen LogP) is 9.31. The number of carbonyl (C=O) groups excluding carboxylic acids is 1. The Balaban J connectivity index is 0.00000560. The van der Waals surface area contributed by atoms with Crippen LogP contribution in [0.5, 0.6) is 0 Å². The number of nitro groups is 1. The number of amides is 1. The molecule has 1 aliphatic carbocycles. The smallest absolute Gasteiger partial charge is 0.284 e. The summed E-state index contributed by atoms with van der Waals surface area (Å²) >= 11 is 7.58. The molecular formula is C46H50Cl2N8O6S2. The number of ether oxygens (including phenoxy) is 1. The van der Waals surface area contributed by atoms with Crippen LogP contribution < -0.4 is 9.62 Å². The largest absolute Gasteiger partial charge is 0.381 e. The highest BCUT2D eigenvalue weighted by atomic mass is 35.5. The van der Waals surface area contributed by atoms with E-state index in [0.717, 1.165) is 87.0 Å². The van der Waals surface area contributed by atoms with Gasteiger partial charge >= 0.3 is 0 Å². The highest BCUT2D eigenvalue weighted by molar-refractivity contribution is 7.99. The normalized spacial score (nSPS) is 17.5. The van der Waals surface area contributed by atoms with E-state index >= 15 is 0 Å². The number of benzene rings is 3. The van der Waals surface area contributed by atoms with Crippen LogP contribution >= 0.6 is 35.8 Å². The van der Waals surface area contributed by atoms with Gasteiger partial charge in [0.15, 0.2) is 0 Å². The van der Waals surface area contributed by atoms with E-state index in [0.29, 0.717) is 52.1 Å². The van der Waals surface area contributed by atoms with Gasteiger partial charge in [-0.15, -0.1) is 24.2 Å². The van der Waals surface area contributed by atoms with Crippen molar-refractivity contribution in [2.75, 3.05) is 56.6 Å². The molecule has 0 bridgehead atoms. The summed E-state index contributed by atoms with van der Waals surface area (Å²) < 4.78 is 36.9. The van der Waals surface area contributed by atoms with E-state index in [4.69, 9.17) is 21.3 Å². The fraction of sp³-hybridized carbons (Fsp3) is 0.370. The zero-order chi connectivity index (χ0) is 43.9. The fourth-order valence-electron chi connectivity index (χ4n) is 8.88. The number of carbonyl (C=O) groups is 1. The number of rotatable bonds is 12. The Kier molecular flexibility index (Phi) is 13.4. The molecular weight excluding hydrogens is 896 g/mol. The average Bonchev–Trinajstić information content (AvgIpc) is 3.92. The first-order chi connectivity index (χ1) is 30.3. The van der Waals surface area contributed by atoms with Crippen LogP contribution in [0.15, 0.2) is 101 Å². The van der Waals surface area contributed by atoms with Gasteiger partial charge in [-0.2, -0.15) is 5.10 Å². The minimum Gasteiger partial charge on any atom is -0.381 e. The highest BCUT2D eigenvalue weighted by Gasteiger charge is 2.31. The molecule has 14 nitrogen and oxygen atoms in total. The van der Waals surface area contributed by atoms with Crippen molar-refractivity contribution in [3.05, 3.63) is 117 Å². The van der Waals surface area contributed by atoms with Crippen LogP contribution in [0.25, 0.3) is 33.3 Å². The monoisotopic (exact) mass is 944 g/mol. The van der Waals surface area contributed by atoms with Crippen LogP contribution in [-0.2, 0) is 14.8 Å². The molecule has 2 fully saturated rings. The second kappa shape index (κ2) is 18.9. The lowest BCUT2D eigenvalue weighted by Gasteiger charge is -2.39. The molecule has 2 aliphatic heterocycles. The molecule has 0 spiro atoms. The number of nitrogens with one attached hydrogen (secondary N) is 2. The van der Waals surface area contributed by atoms with E-state index < -0.39 is 20.9 Å². The van der Waals surface area contributed by atoms with Crippen LogP contribution in [0.1, 0.15) is 61.9 Å². The number of thioether (sulfide) groups is 1. The lowest BCUT2D eigenvalue weighted by Crippen LogP contribution is -2.47. The number of nitro benzene ring substituents is 1.